The third-order valence-electron chi connectivity index (χ3n) is 3.51. The Morgan fingerprint density at radius 2 is 2.06 bits per heavy atom. The zero-order valence-corrected chi connectivity index (χ0v) is 9.89. The van der Waals surface area contributed by atoms with Crippen LogP contribution in [0.2, 0.25) is 0 Å². The summed E-state index contributed by atoms with van der Waals surface area (Å²) >= 11 is 0. The lowest BCUT2D eigenvalue weighted by Crippen LogP contribution is -2.23. The second-order valence-corrected chi connectivity index (χ2v) is 4.66. The van der Waals surface area contributed by atoms with Crippen molar-refractivity contribution in [2.75, 3.05) is 37.7 Å². The number of nitrogens with zero attached hydrogens (tertiary/aromatic N) is 1. The van der Waals surface area contributed by atoms with Crippen LogP contribution in [0.15, 0.2) is 18.2 Å². The van der Waals surface area contributed by atoms with E-state index in [1.54, 1.807) is 0 Å². The van der Waals surface area contributed by atoms with E-state index in [1.807, 2.05) is 6.07 Å². The van der Waals surface area contributed by atoms with Gasteiger partial charge in [-0.1, -0.05) is 0 Å². The molecule has 0 bridgehead atoms. The van der Waals surface area contributed by atoms with Crippen LogP contribution in [0.3, 0.4) is 0 Å². The van der Waals surface area contributed by atoms with E-state index in [0.29, 0.717) is 19.1 Å². The molecule has 1 aromatic carbocycles. The molecular formula is C13H18N2O2. The maximum Gasteiger partial charge on any atom is 0.163 e. The number of anilines is 1. The first kappa shape index (κ1) is 10.7. The van der Waals surface area contributed by atoms with Crippen LogP contribution in [0.25, 0.3) is 0 Å². The topological polar surface area (TPSA) is 47.7 Å². The predicted molar refractivity (Wildman–Crippen MR) is 66.8 cm³/mol. The normalized spacial score (nSPS) is 22.9. The molecule has 0 aromatic heterocycles. The van der Waals surface area contributed by atoms with Crippen molar-refractivity contribution in [2.45, 2.75) is 6.42 Å². The summed E-state index contributed by atoms with van der Waals surface area (Å²) < 4.78 is 11.1. The smallest absolute Gasteiger partial charge is 0.163 e. The molecule has 1 unspecified atom stereocenters. The number of benzene rings is 1. The minimum Gasteiger partial charge on any atom is -0.486 e. The molecule has 3 rings (SSSR count). The van der Waals surface area contributed by atoms with Crippen molar-refractivity contribution in [3.63, 3.8) is 0 Å². The lowest BCUT2D eigenvalue weighted by Gasteiger charge is -2.23. The highest BCUT2D eigenvalue weighted by Crippen LogP contribution is 2.35. The zero-order chi connectivity index (χ0) is 11.7. The predicted octanol–water partition coefficient (Wildman–Crippen LogP) is 1.24. The summed E-state index contributed by atoms with van der Waals surface area (Å²) in [6.45, 7) is 4.20. The van der Waals surface area contributed by atoms with Crippen LogP contribution < -0.4 is 20.1 Å². The van der Waals surface area contributed by atoms with Gasteiger partial charge in [0.2, 0.25) is 0 Å². The lowest BCUT2D eigenvalue weighted by atomic mass is 10.1. The van der Waals surface area contributed by atoms with Crippen molar-refractivity contribution in [1.82, 2.24) is 0 Å². The zero-order valence-electron chi connectivity index (χ0n) is 9.89. The van der Waals surface area contributed by atoms with E-state index in [9.17, 15) is 0 Å². The van der Waals surface area contributed by atoms with Gasteiger partial charge >= 0.3 is 0 Å². The maximum atomic E-state index is 5.71. The van der Waals surface area contributed by atoms with E-state index in [2.05, 4.69) is 17.0 Å². The summed E-state index contributed by atoms with van der Waals surface area (Å²) in [6.07, 6.45) is 1.19. The molecule has 0 radical (unpaired) electrons. The number of ether oxygens (including phenoxy) is 2. The minimum atomic E-state index is 0.628. The molecular weight excluding hydrogens is 216 g/mol. The van der Waals surface area contributed by atoms with Crippen molar-refractivity contribution >= 4 is 5.69 Å². The molecule has 0 saturated carbocycles. The highest BCUT2D eigenvalue weighted by Gasteiger charge is 2.22. The summed E-state index contributed by atoms with van der Waals surface area (Å²) in [6, 6.07) is 6.18. The lowest BCUT2D eigenvalue weighted by molar-refractivity contribution is 0.171. The monoisotopic (exact) mass is 234 g/mol. The number of nitrogens with two attached hydrogens (primary N) is 1. The van der Waals surface area contributed by atoms with Gasteiger partial charge in [-0.2, -0.15) is 0 Å². The van der Waals surface area contributed by atoms with Crippen LogP contribution in [-0.2, 0) is 0 Å². The fourth-order valence-electron chi connectivity index (χ4n) is 2.49. The summed E-state index contributed by atoms with van der Waals surface area (Å²) in [5, 5.41) is 0. The van der Waals surface area contributed by atoms with Crippen LogP contribution in [-0.4, -0.2) is 32.8 Å². The average molecular weight is 234 g/mol. The van der Waals surface area contributed by atoms with Crippen LogP contribution >= 0.6 is 0 Å². The van der Waals surface area contributed by atoms with Crippen LogP contribution in [0.5, 0.6) is 11.5 Å². The van der Waals surface area contributed by atoms with Gasteiger partial charge in [-0.15, -0.1) is 0 Å². The van der Waals surface area contributed by atoms with E-state index in [-0.39, 0.29) is 0 Å². The van der Waals surface area contributed by atoms with E-state index < -0.39 is 0 Å². The molecule has 0 amide bonds. The van der Waals surface area contributed by atoms with Crippen molar-refractivity contribution < 1.29 is 9.47 Å². The first-order valence-corrected chi connectivity index (χ1v) is 6.21. The molecule has 2 N–H and O–H groups in total. The molecule has 0 spiro atoms. The molecule has 2 heterocycles. The maximum absolute atomic E-state index is 5.71. The Bertz CT molecular complexity index is 408. The van der Waals surface area contributed by atoms with Crippen molar-refractivity contribution in [1.29, 1.82) is 0 Å². The van der Waals surface area contributed by atoms with E-state index in [4.69, 9.17) is 15.2 Å². The molecule has 4 heteroatoms. The molecule has 0 aliphatic carbocycles. The summed E-state index contributed by atoms with van der Waals surface area (Å²) in [5.74, 6) is 2.35. The molecule has 1 saturated heterocycles. The van der Waals surface area contributed by atoms with E-state index >= 15 is 0 Å². The third-order valence-corrected chi connectivity index (χ3v) is 3.51. The number of hydrogen-bond acceptors (Lipinski definition) is 4. The van der Waals surface area contributed by atoms with Gasteiger partial charge in [0.1, 0.15) is 13.2 Å². The standard InChI is InChI=1S/C13H18N2O2/c14-8-10-3-4-15(9-10)11-1-2-12-13(7-11)17-6-5-16-12/h1-2,7,10H,3-6,8-9,14H2. The molecule has 4 nitrogen and oxygen atoms in total. The number of hydrogen-bond donors (Lipinski definition) is 1. The molecule has 92 valence electrons. The van der Waals surface area contributed by atoms with Gasteiger partial charge in [-0.05, 0) is 31.0 Å². The average Bonchev–Trinajstić information content (AvgIpc) is 2.87. The van der Waals surface area contributed by atoms with Gasteiger partial charge in [0, 0.05) is 24.8 Å². The molecule has 2 aliphatic heterocycles. The van der Waals surface area contributed by atoms with Crippen molar-refractivity contribution in [2.24, 2.45) is 11.7 Å². The Kier molecular flexibility index (Phi) is 2.81. The first-order valence-electron chi connectivity index (χ1n) is 6.21. The van der Waals surface area contributed by atoms with E-state index in [1.165, 1.54) is 12.1 Å². The highest BCUT2D eigenvalue weighted by atomic mass is 16.6. The van der Waals surface area contributed by atoms with Crippen LogP contribution in [0.4, 0.5) is 5.69 Å². The molecule has 2 aliphatic rings. The Hall–Kier alpha value is -1.42. The summed E-state index contributed by atoms with van der Waals surface area (Å²) in [5.41, 5.74) is 6.93. The fourth-order valence-corrected chi connectivity index (χ4v) is 2.49. The van der Waals surface area contributed by atoms with Gasteiger partial charge in [-0.25, -0.2) is 0 Å². The molecule has 1 atom stereocenters. The van der Waals surface area contributed by atoms with Crippen LogP contribution in [0.1, 0.15) is 6.42 Å². The SMILES string of the molecule is NCC1CCN(c2ccc3c(c2)OCCO3)C1. The van der Waals surface area contributed by atoms with Crippen molar-refractivity contribution in [3.05, 3.63) is 18.2 Å². The Balaban J connectivity index is 1.79. The molecule has 1 fully saturated rings. The quantitative estimate of drug-likeness (QED) is 0.836. The van der Waals surface area contributed by atoms with Gasteiger partial charge in [-0.3, -0.25) is 0 Å². The molecule has 17 heavy (non-hydrogen) atoms. The Labute approximate surface area is 101 Å². The largest absolute Gasteiger partial charge is 0.486 e. The first-order chi connectivity index (χ1) is 8.36. The van der Waals surface area contributed by atoms with Gasteiger partial charge < -0.3 is 20.1 Å². The Morgan fingerprint density at radius 1 is 1.24 bits per heavy atom. The second-order valence-electron chi connectivity index (χ2n) is 4.66. The highest BCUT2D eigenvalue weighted by molar-refractivity contribution is 5.57. The third kappa shape index (κ3) is 2.05. The summed E-state index contributed by atoms with van der Waals surface area (Å²) in [7, 11) is 0. The fraction of sp³-hybridized carbons (Fsp3) is 0.538. The van der Waals surface area contributed by atoms with Crippen molar-refractivity contribution in [3.8, 4) is 11.5 Å². The number of rotatable bonds is 2. The second kappa shape index (κ2) is 4.45. The van der Waals surface area contributed by atoms with Crippen LogP contribution in [0, 0.1) is 5.92 Å². The Morgan fingerprint density at radius 3 is 2.82 bits per heavy atom. The summed E-state index contributed by atoms with van der Waals surface area (Å²) in [4.78, 5) is 2.37. The minimum absolute atomic E-state index is 0.628. The van der Waals surface area contributed by atoms with E-state index in [0.717, 1.165) is 31.1 Å². The van der Waals surface area contributed by atoms with Gasteiger partial charge in [0.15, 0.2) is 11.5 Å². The molecule has 1 aromatic rings. The van der Waals surface area contributed by atoms with Gasteiger partial charge in [0.05, 0.1) is 0 Å². The number of fused-ring (bicyclic) bond motifs is 1. The van der Waals surface area contributed by atoms with Gasteiger partial charge in [0.25, 0.3) is 0 Å².